The van der Waals surface area contributed by atoms with Crippen molar-refractivity contribution in [1.82, 2.24) is 15.2 Å². The molecule has 0 spiro atoms. The van der Waals surface area contributed by atoms with E-state index in [9.17, 15) is 14.9 Å². The maximum atomic E-state index is 12.5. The minimum absolute atomic E-state index is 0.0780. The highest BCUT2D eigenvalue weighted by molar-refractivity contribution is 5.99. The van der Waals surface area contributed by atoms with E-state index in [2.05, 4.69) is 27.0 Å². The highest BCUT2D eigenvalue weighted by Gasteiger charge is 2.24. The fourth-order valence-electron chi connectivity index (χ4n) is 4.62. The maximum Gasteiger partial charge on any atom is 0.278 e. The molecule has 1 saturated heterocycles. The third-order valence-corrected chi connectivity index (χ3v) is 6.43. The van der Waals surface area contributed by atoms with Crippen molar-refractivity contribution >= 4 is 28.1 Å². The number of amides is 1. The summed E-state index contributed by atoms with van der Waals surface area (Å²) in [5.74, 6) is 0.896. The van der Waals surface area contributed by atoms with Crippen molar-refractivity contribution in [3.8, 4) is 0 Å². The summed E-state index contributed by atoms with van der Waals surface area (Å²) in [4.78, 5) is 31.9. The van der Waals surface area contributed by atoms with Crippen LogP contribution in [0.15, 0.2) is 30.6 Å². The molecule has 8 nitrogen and oxygen atoms in total. The number of nitro groups is 1. The Balaban J connectivity index is 1.35. The van der Waals surface area contributed by atoms with Crippen molar-refractivity contribution in [2.75, 3.05) is 37.6 Å². The van der Waals surface area contributed by atoms with Crippen LogP contribution >= 0.6 is 0 Å². The Kier molecular flexibility index (Phi) is 6.13. The lowest BCUT2D eigenvalue weighted by atomic mass is 9.87. The smallest absolute Gasteiger partial charge is 0.278 e. The lowest BCUT2D eigenvalue weighted by molar-refractivity contribution is -0.383. The molecule has 2 fully saturated rings. The number of anilines is 1. The molecule has 2 heterocycles. The summed E-state index contributed by atoms with van der Waals surface area (Å²) in [6.07, 6.45) is 7.79. The number of pyridine rings is 1. The number of carbonyl (C=O) groups is 1. The van der Waals surface area contributed by atoms with E-state index in [1.54, 1.807) is 18.5 Å². The molecule has 0 unspecified atom stereocenters. The average Bonchev–Trinajstić information content (AvgIpc) is 2.75. The molecule has 2 aromatic rings. The molecule has 1 aromatic carbocycles. The number of nitrogens with zero attached hydrogens (tertiary/aromatic N) is 4. The van der Waals surface area contributed by atoms with Gasteiger partial charge in [0.25, 0.3) is 5.69 Å². The summed E-state index contributed by atoms with van der Waals surface area (Å²) in [5, 5.41) is 15.9. The van der Waals surface area contributed by atoms with Crippen LogP contribution in [0.25, 0.3) is 10.8 Å². The SMILES string of the molecule is CC1CCC(NC(=O)CN2CCN(c3ccc([N+](=O)[O-])c4cnccc34)CC2)CC1. The average molecular weight is 412 g/mol. The Hall–Kier alpha value is -2.74. The number of rotatable bonds is 5. The molecule has 1 aliphatic heterocycles. The summed E-state index contributed by atoms with van der Waals surface area (Å²) < 4.78 is 0. The van der Waals surface area contributed by atoms with E-state index in [4.69, 9.17) is 0 Å². The summed E-state index contributed by atoms with van der Waals surface area (Å²) in [5.41, 5.74) is 1.06. The standard InChI is InChI=1S/C22H29N5O3/c1-16-2-4-17(5-3-16)24-22(28)15-25-10-12-26(13-11-25)20-6-7-21(27(29)30)19-14-23-9-8-18(19)20/h6-9,14,16-17H,2-5,10-13,15H2,1H3,(H,24,28). The van der Waals surface area contributed by atoms with Gasteiger partial charge in [0.1, 0.15) is 0 Å². The molecule has 1 aliphatic carbocycles. The summed E-state index contributed by atoms with van der Waals surface area (Å²) in [6.45, 7) is 5.86. The topological polar surface area (TPSA) is 91.6 Å². The van der Waals surface area contributed by atoms with Gasteiger partial charge in [0.05, 0.1) is 16.9 Å². The van der Waals surface area contributed by atoms with Gasteiger partial charge < -0.3 is 10.2 Å². The number of hydrogen-bond donors (Lipinski definition) is 1. The van der Waals surface area contributed by atoms with Gasteiger partial charge in [-0.3, -0.25) is 24.8 Å². The van der Waals surface area contributed by atoms with Crippen molar-refractivity contribution in [3.63, 3.8) is 0 Å². The van der Waals surface area contributed by atoms with Gasteiger partial charge in [-0.2, -0.15) is 0 Å². The molecule has 0 atom stereocenters. The molecular formula is C22H29N5O3. The molecule has 1 aromatic heterocycles. The lowest BCUT2D eigenvalue weighted by Crippen LogP contribution is -2.50. The first-order valence-electron chi connectivity index (χ1n) is 10.8. The number of fused-ring (bicyclic) bond motifs is 1. The molecular weight excluding hydrogens is 382 g/mol. The normalized spacial score (nSPS) is 22.8. The Morgan fingerprint density at radius 2 is 1.87 bits per heavy atom. The van der Waals surface area contributed by atoms with Gasteiger partial charge in [0, 0.05) is 61.8 Å². The monoisotopic (exact) mass is 411 g/mol. The third-order valence-electron chi connectivity index (χ3n) is 6.43. The second-order valence-electron chi connectivity index (χ2n) is 8.57. The second kappa shape index (κ2) is 8.95. The van der Waals surface area contributed by atoms with Crippen molar-refractivity contribution in [1.29, 1.82) is 0 Å². The number of non-ortho nitro benzene ring substituents is 1. The van der Waals surface area contributed by atoms with Gasteiger partial charge in [-0.25, -0.2) is 0 Å². The minimum Gasteiger partial charge on any atom is -0.368 e. The zero-order valence-electron chi connectivity index (χ0n) is 17.4. The zero-order chi connectivity index (χ0) is 21.1. The predicted molar refractivity (Wildman–Crippen MR) is 117 cm³/mol. The minimum atomic E-state index is -0.364. The second-order valence-corrected chi connectivity index (χ2v) is 8.57. The molecule has 160 valence electrons. The van der Waals surface area contributed by atoms with Crippen LogP contribution in [0.3, 0.4) is 0 Å². The lowest BCUT2D eigenvalue weighted by Gasteiger charge is -2.36. The Morgan fingerprint density at radius 1 is 1.13 bits per heavy atom. The highest BCUT2D eigenvalue weighted by Crippen LogP contribution is 2.33. The van der Waals surface area contributed by atoms with E-state index in [1.807, 2.05) is 12.1 Å². The van der Waals surface area contributed by atoms with Gasteiger partial charge in [0.15, 0.2) is 0 Å². The van der Waals surface area contributed by atoms with Crippen LogP contribution in [0.4, 0.5) is 11.4 Å². The van der Waals surface area contributed by atoms with E-state index < -0.39 is 0 Å². The largest absolute Gasteiger partial charge is 0.368 e. The first kappa shape index (κ1) is 20.5. The van der Waals surface area contributed by atoms with Crippen LogP contribution in [0, 0.1) is 16.0 Å². The van der Waals surface area contributed by atoms with Crippen LogP contribution in [0.5, 0.6) is 0 Å². The molecule has 1 amide bonds. The van der Waals surface area contributed by atoms with Crippen molar-refractivity contribution in [2.24, 2.45) is 5.92 Å². The van der Waals surface area contributed by atoms with E-state index in [-0.39, 0.29) is 16.5 Å². The molecule has 30 heavy (non-hydrogen) atoms. The van der Waals surface area contributed by atoms with Crippen molar-refractivity contribution < 1.29 is 9.72 Å². The number of carbonyl (C=O) groups excluding carboxylic acids is 1. The number of benzene rings is 1. The van der Waals surface area contributed by atoms with Crippen LogP contribution in [-0.2, 0) is 4.79 Å². The maximum absolute atomic E-state index is 12.5. The summed E-state index contributed by atoms with van der Waals surface area (Å²) >= 11 is 0. The van der Waals surface area contributed by atoms with Crippen LogP contribution < -0.4 is 10.2 Å². The number of piperazine rings is 1. The third kappa shape index (κ3) is 4.53. The van der Waals surface area contributed by atoms with Crippen LogP contribution in [-0.4, -0.2) is 59.5 Å². The molecule has 0 bridgehead atoms. The quantitative estimate of drug-likeness (QED) is 0.601. The molecule has 4 rings (SSSR count). The van der Waals surface area contributed by atoms with E-state index in [0.717, 1.165) is 56.0 Å². The molecule has 1 N–H and O–H groups in total. The first-order chi connectivity index (χ1) is 14.5. The Bertz CT molecular complexity index is 918. The number of nitro benzene ring substituents is 1. The van der Waals surface area contributed by atoms with Gasteiger partial charge in [-0.1, -0.05) is 6.92 Å². The van der Waals surface area contributed by atoms with E-state index in [1.165, 1.54) is 12.8 Å². The summed E-state index contributed by atoms with van der Waals surface area (Å²) in [7, 11) is 0. The predicted octanol–water partition coefficient (Wildman–Crippen LogP) is 2.96. The van der Waals surface area contributed by atoms with Gasteiger partial charge in [0.2, 0.25) is 5.91 Å². The van der Waals surface area contributed by atoms with Gasteiger partial charge >= 0.3 is 0 Å². The fraction of sp³-hybridized carbons (Fsp3) is 0.545. The Labute approximate surface area is 176 Å². The first-order valence-corrected chi connectivity index (χ1v) is 10.8. The van der Waals surface area contributed by atoms with Gasteiger partial charge in [-0.05, 0) is 43.7 Å². The molecule has 0 radical (unpaired) electrons. The van der Waals surface area contributed by atoms with Gasteiger partial charge in [-0.15, -0.1) is 0 Å². The number of nitrogens with one attached hydrogen (secondary N) is 1. The molecule has 1 saturated carbocycles. The highest BCUT2D eigenvalue weighted by atomic mass is 16.6. The molecule has 2 aliphatic rings. The van der Waals surface area contributed by atoms with Crippen LogP contribution in [0.1, 0.15) is 32.6 Å². The number of aromatic nitrogens is 1. The van der Waals surface area contributed by atoms with Crippen molar-refractivity contribution in [3.05, 3.63) is 40.7 Å². The summed E-state index contributed by atoms with van der Waals surface area (Å²) in [6, 6.07) is 5.55. The molecule has 8 heteroatoms. The Morgan fingerprint density at radius 3 is 2.57 bits per heavy atom. The number of hydrogen-bond acceptors (Lipinski definition) is 6. The fourth-order valence-corrected chi connectivity index (χ4v) is 4.62. The van der Waals surface area contributed by atoms with E-state index in [0.29, 0.717) is 18.0 Å². The van der Waals surface area contributed by atoms with E-state index >= 15 is 0 Å². The van der Waals surface area contributed by atoms with Crippen LogP contribution in [0.2, 0.25) is 0 Å². The zero-order valence-corrected chi connectivity index (χ0v) is 17.4. The van der Waals surface area contributed by atoms with Crippen molar-refractivity contribution in [2.45, 2.75) is 38.6 Å².